The molecule has 14 nitrogen and oxygen atoms in total. The number of nitrogens with one attached hydrogen (secondary N) is 3. The van der Waals surface area contributed by atoms with Crippen molar-refractivity contribution in [3.05, 3.63) is 32.9 Å². The van der Waals surface area contributed by atoms with Crippen LogP contribution in [-0.4, -0.2) is 81.8 Å². The second-order valence-electron chi connectivity index (χ2n) is 9.80. The third kappa shape index (κ3) is 8.23. The Bertz CT molecular complexity index is 1230. The van der Waals surface area contributed by atoms with E-state index < -0.39 is 98.1 Å². The minimum Gasteiger partial charge on any atom is -0.462 e. The largest absolute Gasteiger partial charge is 0.462 e. The van der Waals surface area contributed by atoms with Gasteiger partial charge in [0.15, 0.2) is 18.0 Å². The molecule has 0 bridgehead atoms. The molecule has 6 atom stereocenters. The van der Waals surface area contributed by atoms with E-state index in [4.69, 9.17) is 18.7 Å². The number of carbonyl (C=O) groups is 2. The molecule has 4 N–H and O–H groups in total. The van der Waals surface area contributed by atoms with Gasteiger partial charge < -0.3 is 23.8 Å². The molecule has 0 unspecified atom stereocenters. The van der Waals surface area contributed by atoms with E-state index >= 15 is 4.39 Å². The topological polar surface area (TPSA) is 187 Å². The van der Waals surface area contributed by atoms with Crippen LogP contribution in [0.4, 0.5) is 17.6 Å². The first kappa shape index (κ1) is 34.6. The number of nitrogens with zero attached hydrogens (tertiary/aromatic N) is 1. The zero-order chi connectivity index (χ0) is 31.4. The number of H-pyrrole nitrogens is 1. The second kappa shape index (κ2) is 13.6. The van der Waals surface area contributed by atoms with Gasteiger partial charge in [-0.05, 0) is 41.5 Å². The number of aliphatic hydroxyl groups is 1. The summed E-state index contributed by atoms with van der Waals surface area (Å²) in [6.07, 6.45) is -12.6. The number of hydrogen-bond acceptors (Lipinski definition) is 10. The maximum absolute atomic E-state index is 15.3. The molecule has 2 rings (SSSR count). The fourth-order valence-electron chi connectivity index (χ4n) is 3.60. The number of aliphatic hydroxyl groups excluding tert-OH is 1. The Morgan fingerprint density at radius 1 is 1.10 bits per heavy atom. The van der Waals surface area contributed by atoms with E-state index in [1.165, 1.54) is 46.5 Å². The van der Waals surface area contributed by atoms with Crippen molar-refractivity contribution in [1.82, 2.24) is 19.7 Å². The van der Waals surface area contributed by atoms with Crippen molar-refractivity contribution < 1.29 is 55.6 Å². The van der Waals surface area contributed by atoms with Gasteiger partial charge in [-0.3, -0.25) is 28.5 Å². The molecule has 1 saturated heterocycles. The zero-order valence-electron chi connectivity index (χ0n) is 22.9. The summed E-state index contributed by atoms with van der Waals surface area (Å²) in [6, 6.07) is -2.84. The Labute approximate surface area is 231 Å². The van der Waals surface area contributed by atoms with Gasteiger partial charge in [-0.15, -0.1) is 0 Å². The molecule has 1 aliphatic heterocycles. The molecule has 0 radical (unpaired) electrons. The number of carbonyl (C=O) groups excluding carboxylic acids is 2. The number of hydrogen-bond donors (Lipinski definition) is 4. The van der Waals surface area contributed by atoms with Gasteiger partial charge >= 0.3 is 25.3 Å². The van der Waals surface area contributed by atoms with Crippen molar-refractivity contribution in [3.8, 4) is 0 Å². The Morgan fingerprint density at radius 2 is 1.59 bits per heavy atom. The van der Waals surface area contributed by atoms with Gasteiger partial charge in [-0.2, -0.15) is 4.39 Å². The molecule has 234 valence electrons. The van der Waals surface area contributed by atoms with E-state index in [0.29, 0.717) is 0 Å². The standard InChI is InChI=1S/C22H33F4N4O10P/c1-9(2)38-18(33)11(5)28-41(36,29-12(6)19(34)39-10(3)4)37-8-22(20(25)26)15(24)14(31)17(40-22)30-7-13(23)16(32)27-21(30)35/h7,9-12,14-15,17,20,31H,8H2,1-6H3,(H,27,32,35)(H2,28,29,36)/t11-,12-,14+,15+,17+,22+/m0/s1. The molecule has 0 aromatic carbocycles. The summed E-state index contributed by atoms with van der Waals surface area (Å²) in [7, 11) is -4.76. The average Bonchev–Trinajstić information content (AvgIpc) is 3.10. The molecule has 0 spiro atoms. The van der Waals surface area contributed by atoms with Crippen molar-refractivity contribution >= 4 is 19.6 Å². The van der Waals surface area contributed by atoms with Crippen molar-refractivity contribution in [1.29, 1.82) is 0 Å². The Balaban J connectivity index is 2.42. The number of aromatic amines is 1. The lowest BCUT2D eigenvalue weighted by atomic mass is 9.98. The van der Waals surface area contributed by atoms with Gasteiger partial charge in [0.2, 0.25) is 5.82 Å². The van der Waals surface area contributed by atoms with Gasteiger partial charge in [-0.1, -0.05) is 0 Å². The highest BCUT2D eigenvalue weighted by molar-refractivity contribution is 7.54. The summed E-state index contributed by atoms with van der Waals surface area (Å²) in [6.45, 7) is 6.87. The first-order valence-corrected chi connectivity index (χ1v) is 14.0. The van der Waals surface area contributed by atoms with Crippen LogP contribution < -0.4 is 21.4 Å². The molecule has 19 heteroatoms. The van der Waals surface area contributed by atoms with Crippen LogP contribution in [0.15, 0.2) is 15.8 Å². The van der Waals surface area contributed by atoms with Crippen LogP contribution in [0.2, 0.25) is 0 Å². The van der Waals surface area contributed by atoms with Crippen LogP contribution in [0.25, 0.3) is 0 Å². The molecular formula is C22H33F4N4O10P. The van der Waals surface area contributed by atoms with Crippen molar-refractivity contribution in [3.63, 3.8) is 0 Å². The molecule has 2 heterocycles. The molecule has 0 amide bonds. The number of alkyl halides is 3. The van der Waals surface area contributed by atoms with Crippen molar-refractivity contribution in [2.45, 2.75) is 96.4 Å². The molecule has 1 aromatic rings. The molecular weight excluding hydrogens is 587 g/mol. The maximum Gasteiger partial charge on any atom is 0.342 e. The fourth-order valence-corrected chi connectivity index (χ4v) is 5.44. The van der Waals surface area contributed by atoms with Gasteiger partial charge in [0.1, 0.15) is 18.2 Å². The van der Waals surface area contributed by atoms with E-state index in [1.807, 2.05) is 0 Å². The minimum absolute atomic E-state index is 0.155. The van der Waals surface area contributed by atoms with Gasteiger partial charge in [-0.25, -0.2) is 28.1 Å². The highest BCUT2D eigenvalue weighted by atomic mass is 31.2. The number of esters is 2. The van der Waals surface area contributed by atoms with E-state index in [1.54, 1.807) is 0 Å². The van der Waals surface area contributed by atoms with Crippen LogP contribution >= 0.6 is 7.67 Å². The number of ether oxygens (including phenoxy) is 3. The molecule has 0 saturated carbocycles. The monoisotopic (exact) mass is 620 g/mol. The summed E-state index contributed by atoms with van der Waals surface area (Å²) in [5.74, 6) is -3.45. The van der Waals surface area contributed by atoms with Crippen molar-refractivity contribution in [2.24, 2.45) is 0 Å². The number of rotatable bonds is 13. The normalized spacial score (nSPS) is 24.6. The van der Waals surface area contributed by atoms with Crippen LogP contribution in [0, 0.1) is 5.82 Å². The van der Waals surface area contributed by atoms with E-state index in [0.717, 1.165) is 0 Å². The summed E-state index contributed by atoms with van der Waals surface area (Å²) in [5, 5.41) is 14.8. The third-order valence-corrected chi connectivity index (χ3v) is 7.52. The molecule has 1 fully saturated rings. The lowest BCUT2D eigenvalue weighted by Gasteiger charge is -2.33. The van der Waals surface area contributed by atoms with Crippen LogP contribution in [-0.2, 0) is 32.9 Å². The van der Waals surface area contributed by atoms with Crippen LogP contribution in [0.3, 0.4) is 0 Å². The smallest absolute Gasteiger partial charge is 0.342 e. The summed E-state index contributed by atoms with van der Waals surface area (Å²) < 4.78 is 91.8. The Morgan fingerprint density at radius 3 is 2.02 bits per heavy atom. The maximum atomic E-state index is 15.3. The number of aromatic nitrogens is 2. The van der Waals surface area contributed by atoms with E-state index in [2.05, 4.69) is 10.2 Å². The molecule has 1 aliphatic rings. The lowest BCUT2D eigenvalue weighted by Crippen LogP contribution is -2.52. The van der Waals surface area contributed by atoms with Gasteiger partial charge in [0.25, 0.3) is 12.0 Å². The summed E-state index contributed by atoms with van der Waals surface area (Å²) in [4.78, 5) is 49.5. The zero-order valence-corrected chi connectivity index (χ0v) is 23.8. The third-order valence-electron chi connectivity index (χ3n) is 5.58. The van der Waals surface area contributed by atoms with E-state index in [-0.39, 0.29) is 10.8 Å². The van der Waals surface area contributed by atoms with Crippen LogP contribution in [0.5, 0.6) is 0 Å². The van der Waals surface area contributed by atoms with Crippen molar-refractivity contribution in [2.75, 3.05) is 6.61 Å². The predicted octanol–water partition coefficient (Wildman–Crippen LogP) is 0.892. The highest BCUT2D eigenvalue weighted by Crippen LogP contribution is 2.47. The predicted molar refractivity (Wildman–Crippen MR) is 132 cm³/mol. The van der Waals surface area contributed by atoms with E-state index in [9.17, 15) is 42.0 Å². The quantitative estimate of drug-likeness (QED) is 0.139. The molecule has 1 aromatic heterocycles. The SMILES string of the molecule is CC(C)OC(=O)[C@H](C)NP(=O)(N[C@@H](C)C(=O)OC(C)C)OC[C@@]1(C(F)F)O[C@@H](n2cc(F)c(=O)[nH]c2=O)[C@H](O)[C@H]1F. The summed E-state index contributed by atoms with van der Waals surface area (Å²) in [5.41, 5.74) is -6.28. The van der Waals surface area contributed by atoms with Gasteiger partial charge in [0, 0.05) is 0 Å². The first-order chi connectivity index (χ1) is 18.8. The molecule has 41 heavy (non-hydrogen) atoms. The summed E-state index contributed by atoms with van der Waals surface area (Å²) >= 11 is 0. The minimum atomic E-state index is -4.76. The Kier molecular flexibility index (Phi) is 11.4. The first-order valence-electron chi connectivity index (χ1n) is 12.3. The fraction of sp³-hybridized carbons (Fsp3) is 0.727. The average molecular weight is 620 g/mol. The lowest BCUT2D eigenvalue weighted by molar-refractivity contribution is -0.183. The number of halogens is 4. The Hall–Kier alpha value is -2.63. The second-order valence-corrected chi connectivity index (χ2v) is 11.7. The van der Waals surface area contributed by atoms with Gasteiger partial charge in [0.05, 0.1) is 25.0 Å². The highest BCUT2D eigenvalue weighted by Gasteiger charge is 2.63. The van der Waals surface area contributed by atoms with Crippen LogP contribution in [0.1, 0.15) is 47.8 Å². The molecule has 0 aliphatic carbocycles.